The van der Waals surface area contributed by atoms with Crippen molar-refractivity contribution in [3.63, 3.8) is 0 Å². The molecule has 1 aliphatic heterocycles. The molecule has 0 radical (unpaired) electrons. The number of nitrogens with zero attached hydrogens (tertiary/aromatic N) is 1. The number of hydrogen-bond acceptors (Lipinski definition) is 6. The van der Waals surface area contributed by atoms with Crippen LogP contribution in [-0.2, 0) is 31.5 Å². The van der Waals surface area contributed by atoms with Crippen LogP contribution in [0.5, 0.6) is 5.75 Å². The molecule has 160 valence electrons. The third-order valence-electron chi connectivity index (χ3n) is 3.78. The first-order chi connectivity index (χ1) is 12.6. The smallest absolute Gasteiger partial charge is 0.345 e. The third kappa shape index (κ3) is 7.16. The molecule has 0 amide bonds. The molecule has 1 aromatic rings. The van der Waals surface area contributed by atoms with Gasteiger partial charge in [0.2, 0.25) is 5.79 Å². The van der Waals surface area contributed by atoms with E-state index in [1.807, 2.05) is 85.5 Å². The minimum absolute atomic E-state index is 0.186. The van der Waals surface area contributed by atoms with Gasteiger partial charge < -0.3 is 18.5 Å². The van der Waals surface area contributed by atoms with E-state index in [4.69, 9.17) is 18.5 Å². The molecule has 0 unspecified atom stereocenters. The van der Waals surface area contributed by atoms with Crippen LogP contribution in [0.25, 0.3) is 0 Å². The van der Waals surface area contributed by atoms with Crippen molar-refractivity contribution in [1.29, 1.82) is 0 Å². The van der Waals surface area contributed by atoms with Crippen LogP contribution >= 0.6 is 7.60 Å². The van der Waals surface area contributed by atoms with Gasteiger partial charge in [-0.2, -0.15) is 0 Å². The van der Waals surface area contributed by atoms with Gasteiger partial charge in [-0.1, -0.05) is 18.2 Å². The number of para-hydroxylation sites is 1. The summed E-state index contributed by atoms with van der Waals surface area (Å²) in [4.78, 5) is 1.96. The van der Waals surface area contributed by atoms with E-state index in [1.165, 1.54) is 0 Å². The van der Waals surface area contributed by atoms with E-state index in [1.54, 1.807) is 0 Å². The van der Waals surface area contributed by atoms with Gasteiger partial charge in [0.05, 0.1) is 17.8 Å². The standard InChI is InChI=1S/C21H36NO5P/c1-19(2,3)26-28(23,27-20(4,5)6)15-22(9)13-16-11-10-12-17-14-24-21(7,8)25-18(16)17/h10-12H,13-15H2,1-9H3. The summed E-state index contributed by atoms with van der Waals surface area (Å²) >= 11 is 0. The molecule has 0 bridgehead atoms. The number of ether oxygens (including phenoxy) is 2. The molecule has 0 saturated carbocycles. The SMILES string of the molecule is CN(Cc1cccc2c1OC(C)(C)OC2)CP(=O)(OC(C)(C)C)OC(C)(C)C. The zero-order valence-electron chi connectivity index (χ0n) is 18.8. The number of fused-ring (bicyclic) bond motifs is 1. The summed E-state index contributed by atoms with van der Waals surface area (Å²) in [5.74, 6) is 0.177. The molecule has 7 heteroatoms. The van der Waals surface area contributed by atoms with Crippen molar-refractivity contribution in [2.45, 2.75) is 85.5 Å². The first kappa shape index (κ1) is 23.4. The largest absolute Gasteiger partial charge is 0.462 e. The lowest BCUT2D eigenvalue weighted by atomic mass is 10.1. The second-order valence-electron chi connectivity index (χ2n) is 9.87. The van der Waals surface area contributed by atoms with Crippen LogP contribution < -0.4 is 4.74 Å². The first-order valence-corrected chi connectivity index (χ1v) is 11.4. The van der Waals surface area contributed by atoms with Gasteiger partial charge in [-0.15, -0.1) is 0 Å². The summed E-state index contributed by atoms with van der Waals surface area (Å²) in [6.07, 6.45) is 0.186. The lowest BCUT2D eigenvalue weighted by Gasteiger charge is -2.35. The fourth-order valence-electron chi connectivity index (χ4n) is 3.08. The Hall–Kier alpha value is -0.910. The molecule has 1 aromatic carbocycles. The molecule has 1 aliphatic rings. The highest BCUT2D eigenvalue weighted by Crippen LogP contribution is 2.54. The van der Waals surface area contributed by atoms with Gasteiger partial charge >= 0.3 is 7.60 Å². The van der Waals surface area contributed by atoms with Crippen LogP contribution in [0.3, 0.4) is 0 Å². The van der Waals surface area contributed by atoms with Gasteiger partial charge in [0, 0.05) is 31.5 Å². The lowest BCUT2D eigenvalue weighted by molar-refractivity contribution is -0.180. The second-order valence-corrected chi connectivity index (χ2v) is 11.7. The maximum Gasteiger partial charge on any atom is 0.345 e. The molecule has 6 nitrogen and oxygen atoms in total. The normalized spacial score (nSPS) is 17.4. The molecule has 0 aromatic heterocycles. The highest BCUT2D eigenvalue weighted by atomic mass is 31.2. The minimum Gasteiger partial charge on any atom is -0.462 e. The van der Waals surface area contributed by atoms with E-state index in [9.17, 15) is 4.57 Å². The molecule has 2 rings (SSSR count). The predicted molar refractivity (Wildman–Crippen MR) is 112 cm³/mol. The molecule has 0 atom stereocenters. The molecule has 1 heterocycles. The maximum absolute atomic E-state index is 13.5. The average Bonchev–Trinajstić information content (AvgIpc) is 2.42. The maximum atomic E-state index is 13.5. The van der Waals surface area contributed by atoms with E-state index in [0.29, 0.717) is 13.2 Å². The van der Waals surface area contributed by atoms with Crippen LogP contribution in [0.4, 0.5) is 0 Å². The summed E-state index contributed by atoms with van der Waals surface area (Å²) in [7, 11) is -1.44. The molecule has 28 heavy (non-hydrogen) atoms. The highest BCUT2D eigenvalue weighted by molar-refractivity contribution is 7.53. The van der Waals surface area contributed by atoms with Crippen LogP contribution in [-0.4, -0.2) is 35.2 Å². The molecular weight excluding hydrogens is 377 g/mol. The lowest BCUT2D eigenvalue weighted by Crippen LogP contribution is -2.36. The third-order valence-corrected chi connectivity index (χ3v) is 6.26. The molecule has 0 aliphatic carbocycles. The van der Waals surface area contributed by atoms with Gasteiger partial charge in [-0.25, -0.2) is 0 Å². The quantitative estimate of drug-likeness (QED) is 0.571. The molecule has 0 spiro atoms. The number of hydrogen-bond donors (Lipinski definition) is 0. The van der Waals surface area contributed by atoms with E-state index >= 15 is 0 Å². The first-order valence-electron chi connectivity index (χ1n) is 9.70. The van der Waals surface area contributed by atoms with Crippen molar-refractivity contribution in [3.05, 3.63) is 29.3 Å². The van der Waals surface area contributed by atoms with Gasteiger partial charge in [0.15, 0.2) is 0 Å². The summed E-state index contributed by atoms with van der Waals surface area (Å²) in [5.41, 5.74) is 0.899. The highest BCUT2D eigenvalue weighted by Gasteiger charge is 2.37. The summed E-state index contributed by atoms with van der Waals surface area (Å²) in [6.45, 7) is 16.2. The Morgan fingerprint density at radius 2 is 1.68 bits per heavy atom. The topological polar surface area (TPSA) is 57.2 Å². The van der Waals surface area contributed by atoms with Crippen molar-refractivity contribution in [1.82, 2.24) is 4.90 Å². The minimum atomic E-state index is -3.35. The van der Waals surface area contributed by atoms with Crippen LogP contribution in [0, 0.1) is 0 Å². The van der Waals surface area contributed by atoms with E-state index in [-0.39, 0.29) is 6.29 Å². The van der Waals surface area contributed by atoms with Crippen LogP contribution in [0.1, 0.15) is 66.5 Å². The number of benzene rings is 1. The van der Waals surface area contributed by atoms with E-state index < -0.39 is 24.6 Å². The summed E-state index contributed by atoms with van der Waals surface area (Å²) < 4.78 is 37.1. The molecule has 0 N–H and O–H groups in total. The number of rotatable bonds is 6. The van der Waals surface area contributed by atoms with E-state index in [2.05, 4.69) is 0 Å². The van der Waals surface area contributed by atoms with Gasteiger partial charge in [0.1, 0.15) is 12.0 Å². The van der Waals surface area contributed by atoms with Gasteiger partial charge in [-0.05, 0) is 48.6 Å². The zero-order valence-corrected chi connectivity index (χ0v) is 19.7. The summed E-state index contributed by atoms with van der Waals surface area (Å²) in [6, 6.07) is 6.02. The van der Waals surface area contributed by atoms with Crippen LogP contribution in [0.15, 0.2) is 18.2 Å². The van der Waals surface area contributed by atoms with Crippen molar-refractivity contribution < 1.29 is 23.1 Å². The van der Waals surface area contributed by atoms with Crippen molar-refractivity contribution in [2.24, 2.45) is 0 Å². The predicted octanol–water partition coefficient (Wildman–Crippen LogP) is 5.54. The molecule has 0 saturated heterocycles. The van der Waals surface area contributed by atoms with Crippen molar-refractivity contribution in [3.8, 4) is 5.75 Å². The fraction of sp³-hybridized carbons (Fsp3) is 0.714. The van der Waals surface area contributed by atoms with Crippen LogP contribution in [0.2, 0.25) is 0 Å². The Kier molecular flexibility index (Phi) is 6.74. The zero-order chi connectivity index (χ0) is 21.4. The Balaban J connectivity index is 2.20. The average molecular weight is 413 g/mol. The van der Waals surface area contributed by atoms with Crippen molar-refractivity contribution in [2.75, 3.05) is 13.3 Å². The van der Waals surface area contributed by atoms with Gasteiger partial charge in [-0.3, -0.25) is 9.46 Å². The fourth-order valence-corrected chi connectivity index (χ4v) is 5.59. The van der Waals surface area contributed by atoms with E-state index in [0.717, 1.165) is 16.9 Å². The molecular formula is C21H36NO5P. The second kappa shape index (κ2) is 8.08. The Morgan fingerprint density at radius 3 is 2.21 bits per heavy atom. The molecule has 0 fully saturated rings. The monoisotopic (exact) mass is 413 g/mol. The Morgan fingerprint density at radius 1 is 1.11 bits per heavy atom. The Labute approximate surface area is 170 Å². The van der Waals surface area contributed by atoms with Gasteiger partial charge in [0.25, 0.3) is 0 Å². The van der Waals surface area contributed by atoms with Crippen molar-refractivity contribution >= 4 is 7.60 Å². The summed E-state index contributed by atoms with van der Waals surface area (Å²) in [5, 5.41) is 0. The Bertz CT molecular complexity index is 713.